The van der Waals surface area contributed by atoms with Crippen molar-refractivity contribution in [3.05, 3.63) is 54.1 Å². The quantitative estimate of drug-likeness (QED) is 0.440. The van der Waals surface area contributed by atoms with Gasteiger partial charge in [-0.1, -0.05) is 25.8 Å². The number of nitrogens with one attached hydrogen (secondary N) is 2. The van der Waals surface area contributed by atoms with Gasteiger partial charge in [-0.3, -0.25) is 10.1 Å². The van der Waals surface area contributed by atoms with Crippen molar-refractivity contribution < 1.29 is 17.9 Å². The molecule has 1 saturated heterocycles. The van der Waals surface area contributed by atoms with Gasteiger partial charge in [0.05, 0.1) is 11.5 Å². The SMILES string of the molecule is CCCCOc1cccc(C(=O)NC(=S)Nc2ccc(S(=O)(=O)N3CCCCC3)cc2)c1. The molecule has 1 aliphatic heterocycles. The minimum Gasteiger partial charge on any atom is -0.494 e. The zero-order valence-electron chi connectivity index (χ0n) is 18.2. The highest BCUT2D eigenvalue weighted by atomic mass is 32.2. The molecule has 1 amide bonds. The highest BCUT2D eigenvalue weighted by Crippen LogP contribution is 2.22. The van der Waals surface area contributed by atoms with E-state index in [0.717, 1.165) is 32.1 Å². The van der Waals surface area contributed by atoms with Gasteiger partial charge in [0.25, 0.3) is 5.91 Å². The number of unbranched alkanes of at least 4 members (excludes halogenated alkanes) is 1. The molecule has 7 nitrogen and oxygen atoms in total. The fraction of sp³-hybridized carbons (Fsp3) is 0.391. The third-order valence-electron chi connectivity index (χ3n) is 5.15. The van der Waals surface area contributed by atoms with Crippen LogP contribution in [0.25, 0.3) is 0 Å². The lowest BCUT2D eigenvalue weighted by molar-refractivity contribution is 0.0977. The molecule has 2 N–H and O–H groups in total. The molecule has 1 aliphatic rings. The molecule has 9 heteroatoms. The average molecular weight is 476 g/mol. The van der Waals surface area contributed by atoms with Crippen molar-refractivity contribution in [2.24, 2.45) is 0 Å². The molecule has 0 aliphatic carbocycles. The normalized spacial score (nSPS) is 14.5. The molecule has 32 heavy (non-hydrogen) atoms. The van der Waals surface area contributed by atoms with Crippen LogP contribution >= 0.6 is 12.2 Å². The maximum Gasteiger partial charge on any atom is 0.257 e. The fourth-order valence-electron chi connectivity index (χ4n) is 3.36. The molecule has 3 rings (SSSR count). The largest absolute Gasteiger partial charge is 0.494 e. The van der Waals surface area contributed by atoms with Crippen LogP contribution in [0, 0.1) is 0 Å². The number of thiocarbonyl (C=S) groups is 1. The number of benzene rings is 2. The molecule has 2 aromatic rings. The van der Waals surface area contributed by atoms with Crippen LogP contribution in [0.3, 0.4) is 0 Å². The third-order valence-corrected chi connectivity index (χ3v) is 7.27. The Bertz CT molecular complexity index is 1030. The van der Waals surface area contributed by atoms with E-state index in [0.29, 0.717) is 36.7 Å². The van der Waals surface area contributed by atoms with Gasteiger partial charge in [-0.05, 0) is 73.9 Å². The molecule has 2 aromatic carbocycles. The Balaban J connectivity index is 1.57. The number of hydrogen-bond donors (Lipinski definition) is 2. The number of ether oxygens (including phenoxy) is 1. The van der Waals surface area contributed by atoms with Crippen molar-refractivity contribution in [1.82, 2.24) is 9.62 Å². The first-order valence-corrected chi connectivity index (χ1v) is 12.7. The number of amides is 1. The third kappa shape index (κ3) is 6.51. The molecule has 0 saturated carbocycles. The van der Waals surface area contributed by atoms with E-state index in [2.05, 4.69) is 17.6 Å². The van der Waals surface area contributed by atoms with E-state index in [1.54, 1.807) is 42.5 Å². The summed E-state index contributed by atoms with van der Waals surface area (Å²) in [6, 6.07) is 13.3. The van der Waals surface area contributed by atoms with Gasteiger partial charge in [0.2, 0.25) is 10.0 Å². The van der Waals surface area contributed by atoms with Crippen LogP contribution in [0.4, 0.5) is 5.69 Å². The second kappa shape index (κ2) is 11.4. The van der Waals surface area contributed by atoms with Crippen LogP contribution in [0.2, 0.25) is 0 Å². The van der Waals surface area contributed by atoms with Gasteiger partial charge in [0.1, 0.15) is 5.75 Å². The molecule has 1 heterocycles. The predicted octanol–water partition coefficient (Wildman–Crippen LogP) is 4.17. The zero-order chi connectivity index (χ0) is 23.0. The summed E-state index contributed by atoms with van der Waals surface area (Å²) in [5.74, 6) is 0.281. The van der Waals surface area contributed by atoms with Crippen molar-refractivity contribution >= 4 is 38.9 Å². The summed E-state index contributed by atoms with van der Waals surface area (Å²) in [4.78, 5) is 12.8. The van der Waals surface area contributed by atoms with E-state index in [1.165, 1.54) is 4.31 Å². The summed E-state index contributed by atoms with van der Waals surface area (Å²) in [7, 11) is -3.48. The standard InChI is InChI=1S/C23H29N3O4S2/c1-2-3-16-30-20-9-7-8-18(17-20)22(27)25-23(31)24-19-10-12-21(13-11-19)32(28,29)26-14-5-4-6-15-26/h7-13,17H,2-6,14-16H2,1H3,(H2,24,25,27,31). The molecular weight excluding hydrogens is 446 g/mol. The highest BCUT2D eigenvalue weighted by molar-refractivity contribution is 7.89. The molecule has 172 valence electrons. The summed E-state index contributed by atoms with van der Waals surface area (Å²) in [6.07, 6.45) is 4.82. The molecule has 0 spiro atoms. The maximum absolute atomic E-state index is 12.7. The van der Waals surface area contributed by atoms with Crippen molar-refractivity contribution in [1.29, 1.82) is 0 Å². The topological polar surface area (TPSA) is 87.7 Å². The summed E-state index contributed by atoms with van der Waals surface area (Å²) in [6.45, 7) is 3.81. The summed E-state index contributed by atoms with van der Waals surface area (Å²) < 4.78 is 32.7. The Kier molecular flexibility index (Phi) is 8.60. The number of rotatable bonds is 8. The molecule has 0 atom stereocenters. The number of piperidine rings is 1. The Morgan fingerprint density at radius 3 is 2.50 bits per heavy atom. The van der Waals surface area contributed by atoms with E-state index < -0.39 is 10.0 Å². The van der Waals surface area contributed by atoms with Gasteiger partial charge in [-0.2, -0.15) is 4.31 Å². The molecule has 0 bridgehead atoms. The number of sulfonamides is 1. The number of anilines is 1. The number of nitrogens with zero attached hydrogens (tertiary/aromatic N) is 1. The minimum atomic E-state index is -3.48. The zero-order valence-corrected chi connectivity index (χ0v) is 19.8. The summed E-state index contributed by atoms with van der Waals surface area (Å²) in [5, 5.41) is 5.68. The molecular formula is C23H29N3O4S2. The first-order chi connectivity index (χ1) is 15.4. The number of carbonyl (C=O) groups is 1. The van der Waals surface area contributed by atoms with E-state index in [9.17, 15) is 13.2 Å². The van der Waals surface area contributed by atoms with Crippen molar-refractivity contribution in [3.8, 4) is 5.75 Å². The van der Waals surface area contributed by atoms with Crippen molar-refractivity contribution in [3.63, 3.8) is 0 Å². The molecule has 0 unspecified atom stereocenters. The maximum atomic E-state index is 12.7. The van der Waals surface area contributed by atoms with Gasteiger partial charge in [-0.15, -0.1) is 0 Å². The van der Waals surface area contributed by atoms with E-state index >= 15 is 0 Å². The Morgan fingerprint density at radius 2 is 1.81 bits per heavy atom. The second-order valence-corrected chi connectivity index (χ2v) is 9.97. The molecule has 0 radical (unpaired) electrons. The highest BCUT2D eigenvalue weighted by Gasteiger charge is 2.25. The lowest BCUT2D eigenvalue weighted by atomic mass is 10.2. The average Bonchev–Trinajstić information content (AvgIpc) is 2.80. The smallest absolute Gasteiger partial charge is 0.257 e. The number of carbonyl (C=O) groups excluding carboxylic acids is 1. The van der Waals surface area contributed by atoms with Crippen LogP contribution in [-0.4, -0.2) is 43.4 Å². The predicted molar refractivity (Wildman–Crippen MR) is 130 cm³/mol. The second-order valence-electron chi connectivity index (χ2n) is 7.63. The van der Waals surface area contributed by atoms with E-state index in [-0.39, 0.29) is 15.9 Å². The first kappa shape index (κ1) is 24.2. The van der Waals surface area contributed by atoms with Crippen molar-refractivity contribution in [2.75, 3.05) is 25.0 Å². The van der Waals surface area contributed by atoms with Gasteiger partial charge in [0, 0.05) is 24.3 Å². The Morgan fingerprint density at radius 1 is 1.09 bits per heavy atom. The molecule has 1 fully saturated rings. The van der Waals surface area contributed by atoms with Crippen LogP contribution in [-0.2, 0) is 10.0 Å². The molecule has 0 aromatic heterocycles. The van der Waals surface area contributed by atoms with Crippen LogP contribution in [0.15, 0.2) is 53.4 Å². The van der Waals surface area contributed by atoms with Crippen LogP contribution in [0.5, 0.6) is 5.75 Å². The first-order valence-electron chi connectivity index (χ1n) is 10.9. The van der Waals surface area contributed by atoms with Gasteiger partial charge < -0.3 is 10.1 Å². The van der Waals surface area contributed by atoms with Crippen molar-refractivity contribution in [2.45, 2.75) is 43.9 Å². The van der Waals surface area contributed by atoms with Gasteiger partial charge in [0.15, 0.2) is 5.11 Å². The van der Waals surface area contributed by atoms with Gasteiger partial charge in [-0.25, -0.2) is 8.42 Å². The van der Waals surface area contributed by atoms with Gasteiger partial charge >= 0.3 is 0 Å². The number of hydrogen-bond acceptors (Lipinski definition) is 5. The summed E-state index contributed by atoms with van der Waals surface area (Å²) in [5.41, 5.74) is 1.02. The Labute approximate surface area is 195 Å². The van der Waals surface area contributed by atoms with E-state index in [1.807, 2.05) is 6.07 Å². The Hall–Kier alpha value is -2.49. The van der Waals surface area contributed by atoms with E-state index in [4.69, 9.17) is 17.0 Å². The van der Waals surface area contributed by atoms with Crippen LogP contribution < -0.4 is 15.4 Å². The monoisotopic (exact) mass is 475 g/mol. The lowest BCUT2D eigenvalue weighted by Crippen LogP contribution is -2.35. The summed E-state index contributed by atoms with van der Waals surface area (Å²) >= 11 is 5.24. The fourth-order valence-corrected chi connectivity index (χ4v) is 5.09. The minimum absolute atomic E-state index is 0.124. The van der Waals surface area contributed by atoms with Crippen LogP contribution in [0.1, 0.15) is 49.4 Å². The lowest BCUT2D eigenvalue weighted by Gasteiger charge is -2.25.